The number of aromatic carboxylic acids is 1. The average molecular weight is 509 g/mol. The third-order valence-electron chi connectivity index (χ3n) is 5.43. The van der Waals surface area contributed by atoms with Crippen molar-refractivity contribution in [2.45, 2.75) is 6.61 Å². The number of anilines is 2. The van der Waals surface area contributed by atoms with Gasteiger partial charge in [0.15, 0.2) is 11.6 Å². The summed E-state index contributed by atoms with van der Waals surface area (Å²) in [4.78, 5) is 30.9. The summed E-state index contributed by atoms with van der Waals surface area (Å²) in [5, 5.41) is 10.2. The number of aromatic nitrogens is 1. The lowest BCUT2D eigenvalue weighted by molar-refractivity contribution is 0.0691. The summed E-state index contributed by atoms with van der Waals surface area (Å²) < 4.78 is 32.0. The Balaban J connectivity index is 1.51. The molecule has 0 amide bonds. The number of carboxylic acid groups (broad SMARTS) is 1. The molecule has 4 rings (SSSR count). The van der Waals surface area contributed by atoms with Crippen LogP contribution in [0.2, 0.25) is 5.02 Å². The van der Waals surface area contributed by atoms with Gasteiger partial charge >= 0.3 is 5.97 Å². The van der Waals surface area contributed by atoms with Crippen LogP contribution >= 0.6 is 11.6 Å². The third-order valence-corrected chi connectivity index (χ3v) is 5.68. The Labute approximate surface area is 210 Å². The van der Waals surface area contributed by atoms with Crippen molar-refractivity contribution in [3.05, 3.63) is 118 Å². The number of carbonyl (C=O) groups excluding carboxylic acids is 1. The highest BCUT2D eigenvalue weighted by Gasteiger charge is 2.18. The van der Waals surface area contributed by atoms with Crippen molar-refractivity contribution in [2.24, 2.45) is 0 Å². The number of hydrogen-bond donors (Lipinski definition) is 1. The Morgan fingerprint density at radius 2 is 1.67 bits per heavy atom. The summed E-state index contributed by atoms with van der Waals surface area (Å²) in [5.74, 6) is -3.82. The molecular weight excluding hydrogens is 490 g/mol. The molecule has 0 unspecified atom stereocenters. The molecule has 0 saturated heterocycles. The van der Waals surface area contributed by atoms with Gasteiger partial charge in [0.1, 0.15) is 23.6 Å². The van der Waals surface area contributed by atoms with Crippen LogP contribution in [0.3, 0.4) is 0 Å². The molecule has 182 valence electrons. The molecular formula is C27H19ClF2N2O4. The number of halogens is 3. The van der Waals surface area contributed by atoms with Crippen LogP contribution in [-0.4, -0.2) is 28.9 Å². The second-order valence-corrected chi connectivity index (χ2v) is 8.26. The fourth-order valence-electron chi connectivity index (χ4n) is 3.44. The molecule has 0 aliphatic rings. The quantitative estimate of drug-likeness (QED) is 0.282. The standard InChI is InChI=1S/C27H19ClF2N2O4/c1-32(19-6-4-18(28)5-7-19)20-8-10-24(31-14-20)26(33)17-3-11-25(21(13-17)27(34)35)36-15-16-2-9-22(29)23(30)12-16/h2-14H,15H2,1H3,(H,34,35). The van der Waals surface area contributed by atoms with Crippen molar-refractivity contribution in [3.8, 4) is 5.75 Å². The van der Waals surface area contributed by atoms with Crippen LogP contribution in [0.25, 0.3) is 0 Å². The number of benzene rings is 3. The van der Waals surface area contributed by atoms with Gasteiger partial charge in [0.05, 0.1) is 11.9 Å². The van der Waals surface area contributed by atoms with E-state index in [1.54, 1.807) is 30.5 Å². The Bertz CT molecular complexity index is 1430. The molecule has 4 aromatic rings. The Hall–Kier alpha value is -4.30. The fourth-order valence-corrected chi connectivity index (χ4v) is 3.56. The first-order chi connectivity index (χ1) is 17.2. The zero-order valence-corrected chi connectivity index (χ0v) is 19.7. The monoisotopic (exact) mass is 508 g/mol. The number of carboxylic acids is 1. The minimum atomic E-state index is -1.31. The second-order valence-electron chi connectivity index (χ2n) is 7.82. The summed E-state index contributed by atoms with van der Waals surface area (Å²) >= 11 is 5.93. The number of nitrogens with zero attached hydrogens (tertiary/aromatic N) is 2. The summed E-state index contributed by atoms with van der Waals surface area (Å²) in [6.07, 6.45) is 1.54. The van der Waals surface area contributed by atoms with E-state index in [2.05, 4.69) is 4.98 Å². The predicted molar refractivity (Wildman–Crippen MR) is 131 cm³/mol. The van der Waals surface area contributed by atoms with Crippen molar-refractivity contribution in [1.29, 1.82) is 0 Å². The molecule has 36 heavy (non-hydrogen) atoms. The highest BCUT2D eigenvalue weighted by molar-refractivity contribution is 6.30. The molecule has 0 spiro atoms. The third kappa shape index (κ3) is 5.50. The summed E-state index contributed by atoms with van der Waals surface area (Å²) in [5.41, 5.74) is 1.93. The maximum atomic E-state index is 13.4. The van der Waals surface area contributed by atoms with Crippen LogP contribution in [0.15, 0.2) is 79.0 Å². The highest BCUT2D eigenvalue weighted by Crippen LogP contribution is 2.26. The van der Waals surface area contributed by atoms with Gasteiger partial charge in [0.25, 0.3) is 0 Å². The molecule has 3 aromatic carbocycles. The lowest BCUT2D eigenvalue weighted by atomic mass is 10.0. The van der Waals surface area contributed by atoms with E-state index in [4.69, 9.17) is 16.3 Å². The number of carbonyl (C=O) groups is 2. The summed E-state index contributed by atoms with van der Waals surface area (Å²) in [6.45, 7) is -0.186. The molecule has 0 fully saturated rings. The van der Waals surface area contributed by atoms with E-state index in [1.807, 2.05) is 24.1 Å². The molecule has 0 saturated carbocycles. The number of ether oxygens (including phenoxy) is 1. The maximum Gasteiger partial charge on any atom is 0.339 e. The van der Waals surface area contributed by atoms with Gasteiger partial charge in [0.2, 0.25) is 5.78 Å². The largest absolute Gasteiger partial charge is 0.488 e. The lowest BCUT2D eigenvalue weighted by Crippen LogP contribution is -2.11. The molecule has 0 aliphatic carbocycles. The van der Waals surface area contributed by atoms with Crippen molar-refractivity contribution < 1.29 is 28.2 Å². The Kier molecular flexibility index (Phi) is 7.26. The van der Waals surface area contributed by atoms with Gasteiger partial charge in [-0.05, 0) is 72.3 Å². The second kappa shape index (κ2) is 10.5. The number of pyridine rings is 1. The molecule has 0 radical (unpaired) electrons. The predicted octanol–water partition coefficient (Wildman–Crippen LogP) is 6.29. The van der Waals surface area contributed by atoms with Crippen LogP contribution < -0.4 is 9.64 Å². The number of hydrogen-bond acceptors (Lipinski definition) is 5. The van der Waals surface area contributed by atoms with Crippen LogP contribution in [0, 0.1) is 11.6 Å². The molecule has 1 aromatic heterocycles. The van der Waals surface area contributed by atoms with Crippen LogP contribution in [0.5, 0.6) is 5.75 Å². The molecule has 1 heterocycles. The summed E-state index contributed by atoms with van der Waals surface area (Å²) in [6, 6.07) is 17.7. The van der Waals surface area contributed by atoms with Gasteiger partial charge in [-0.25, -0.2) is 13.6 Å². The van der Waals surface area contributed by atoms with E-state index in [1.165, 1.54) is 24.3 Å². The van der Waals surface area contributed by atoms with Crippen LogP contribution in [0.4, 0.5) is 20.2 Å². The first-order valence-corrected chi connectivity index (χ1v) is 11.0. The Morgan fingerprint density at radius 3 is 2.31 bits per heavy atom. The van der Waals surface area contributed by atoms with E-state index in [-0.39, 0.29) is 29.2 Å². The van der Waals surface area contributed by atoms with Crippen molar-refractivity contribution >= 4 is 34.7 Å². The van der Waals surface area contributed by atoms with Gasteiger partial charge in [-0.1, -0.05) is 17.7 Å². The average Bonchev–Trinajstić information content (AvgIpc) is 2.89. The Morgan fingerprint density at radius 1 is 0.944 bits per heavy atom. The first kappa shape index (κ1) is 24.8. The zero-order chi connectivity index (χ0) is 25.8. The minimum absolute atomic E-state index is 0.0170. The van der Waals surface area contributed by atoms with Gasteiger partial charge < -0.3 is 14.7 Å². The molecule has 9 heteroatoms. The summed E-state index contributed by atoms with van der Waals surface area (Å²) in [7, 11) is 1.85. The van der Waals surface area contributed by atoms with E-state index >= 15 is 0 Å². The van der Waals surface area contributed by atoms with E-state index in [0.717, 1.165) is 23.5 Å². The van der Waals surface area contributed by atoms with Crippen molar-refractivity contribution in [1.82, 2.24) is 4.98 Å². The van der Waals surface area contributed by atoms with Gasteiger partial charge in [0, 0.05) is 23.3 Å². The molecule has 1 N–H and O–H groups in total. The maximum absolute atomic E-state index is 13.4. The zero-order valence-electron chi connectivity index (χ0n) is 18.9. The fraction of sp³-hybridized carbons (Fsp3) is 0.0741. The van der Waals surface area contributed by atoms with Gasteiger partial charge in [-0.3, -0.25) is 9.78 Å². The van der Waals surface area contributed by atoms with E-state index < -0.39 is 23.4 Å². The highest BCUT2D eigenvalue weighted by atomic mass is 35.5. The topological polar surface area (TPSA) is 79.7 Å². The SMILES string of the molecule is CN(c1ccc(Cl)cc1)c1ccc(C(=O)c2ccc(OCc3ccc(F)c(F)c3)c(C(=O)O)c2)nc1. The van der Waals surface area contributed by atoms with Crippen molar-refractivity contribution in [3.63, 3.8) is 0 Å². The lowest BCUT2D eigenvalue weighted by Gasteiger charge is -2.19. The normalized spacial score (nSPS) is 10.7. The van der Waals surface area contributed by atoms with Crippen LogP contribution in [0.1, 0.15) is 32.0 Å². The molecule has 0 aliphatic heterocycles. The van der Waals surface area contributed by atoms with Crippen molar-refractivity contribution in [2.75, 3.05) is 11.9 Å². The van der Waals surface area contributed by atoms with Gasteiger partial charge in [-0.2, -0.15) is 0 Å². The number of rotatable bonds is 8. The van der Waals surface area contributed by atoms with E-state index in [9.17, 15) is 23.5 Å². The molecule has 0 atom stereocenters. The van der Waals surface area contributed by atoms with Crippen LogP contribution in [-0.2, 0) is 6.61 Å². The van der Waals surface area contributed by atoms with Gasteiger partial charge in [-0.15, -0.1) is 0 Å². The first-order valence-electron chi connectivity index (χ1n) is 10.7. The number of ketones is 1. The van der Waals surface area contributed by atoms with E-state index in [0.29, 0.717) is 10.6 Å². The smallest absolute Gasteiger partial charge is 0.339 e. The molecule has 0 bridgehead atoms. The molecule has 6 nitrogen and oxygen atoms in total. The minimum Gasteiger partial charge on any atom is -0.488 e.